The number of Topliss-reactive ketones (excluding diaryl/α,β-unsaturated/α-hetero) is 1. The molecule has 2 amide bonds. The van der Waals surface area contributed by atoms with Crippen molar-refractivity contribution in [3.8, 4) is 11.1 Å². The minimum Gasteiger partial charge on any atom is -0.378 e. The third-order valence-corrected chi connectivity index (χ3v) is 7.60. The lowest BCUT2D eigenvalue weighted by Gasteiger charge is -2.29. The van der Waals surface area contributed by atoms with Crippen molar-refractivity contribution in [2.24, 2.45) is 11.8 Å². The van der Waals surface area contributed by atoms with Crippen LogP contribution in [0.15, 0.2) is 72.8 Å². The molecule has 7 heteroatoms. The standard InChI is InChI=1S/C31H33ClN2O4/c1-3-21-10-7-17-34(31(38)29(36)23-8-5-4-6-9-23)19-27(21)30(37)33-28-16-13-24(18-26(28)20(2)35)22-11-14-25(32)15-12-22/h4-6,8-9,11-16,18,21,27,29,36H,3,7,10,17,19H2,1-2H3,(H,33,37). The summed E-state index contributed by atoms with van der Waals surface area (Å²) in [6.07, 6.45) is 1.07. The highest BCUT2D eigenvalue weighted by Crippen LogP contribution is 2.31. The molecule has 0 radical (unpaired) electrons. The first-order valence-electron chi connectivity index (χ1n) is 13.0. The first-order chi connectivity index (χ1) is 18.3. The zero-order valence-electron chi connectivity index (χ0n) is 21.7. The van der Waals surface area contributed by atoms with Crippen molar-refractivity contribution >= 4 is 34.9 Å². The second kappa shape index (κ2) is 12.4. The molecule has 1 fully saturated rings. The molecular weight excluding hydrogens is 500 g/mol. The number of amides is 2. The van der Waals surface area contributed by atoms with E-state index in [0.29, 0.717) is 28.4 Å². The van der Waals surface area contributed by atoms with E-state index in [4.69, 9.17) is 11.6 Å². The monoisotopic (exact) mass is 532 g/mol. The van der Waals surface area contributed by atoms with Crippen LogP contribution >= 0.6 is 11.6 Å². The zero-order chi connectivity index (χ0) is 27.2. The van der Waals surface area contributed by atoms with Gasteiger partial charge in [0.2, 0.25) is 5.91 Å². The van der Waals surface area contributed by atoms with Gasteiger partial charge in [0.15, 0.2) is 11.9 Å². The number of ketones is 1. The number of hydrogen-bond acceptors (Lipinski definition) is 4. The summed E-state index contributed by atoms with van der Waals surface area (Å²) in [5, 5.41) is 14.3. The molecule has 38 heavy (non-hydrogen) atoms. The number of nitrogens with one attached hydrogen (secondary N) is 1. The molecule has 0 spiro atoms. The summed E-state index contributed by atoms with van der Waals surface area (Å²) in [4.78, 5) is 41.0. The number of aliphatic hydroxyl groups excluding tert-OH is 1. The van der Waals surface area contributed by atoms with Gasteiger partial charge in [0.05, 0.1) is 11.6 Å². The fourth-order valence-corrected chi connectivity index (χ4v) is 5.28. The molecule has 0 saturated carbocycles. The van der Waals surface area contributed by atoms with Gasteiger partial charge in [-0.1, -0.05) is 73.5 Å². The van der Waals surface area contributed by atoms with Crippen molar-refractivity contribution in [3.05, 3.63) is 88.9 Å². The Kier molecular flexibility index (Phi) is 8.97. The van der Waals surface area contributed by atoms with Crippen molar-refractivity contribution < 1.29 is 19.5 Å². The van der Waals surface area contributed by atoms with Gasteiger partial charge in [-0.25, -0.2) is 0 Å². The number of aliphatic hydroxyl groups is 1. The second-order valence-electron chi connectivity index (χ2n) is 9.83. The Morgan fingerprint density at radius 1 is 1.03 bits per heavy atom. The maximum Gasteiger partial charge on any atom is 0.256 e. The second-order valence-corrected chi connectivity index (χ2v) is 10.3. The average Bonchev–Trinajstić information content (AvgIpc) is 3.16. The third-order valence-electron chi connectivity index (χ3n) is 7.35. The Labute approximate surface area is 228 Å². The van der Waals surface area contributed by atoms with Crippen molar-refractivity contribution in [3.63, 3.8) is 0 Å². The highest BCUT2D eigenvalue weighted by Gasteiger charge is 2.35. The van der Waals surface area contributed by atoms with Gasteiger partial charge < -0.3 is 15.3 Å². The van der Waals surface area contributed by atoms with E-state index in [-0.39, 0.29) is 24.2 Å². The molecule has 3 unspecified atom stereocenters. The van der Waals surface area contributed by atoms with Crippen LogP contribution in [0.3, 0.4) is 0 Å². The van der Waals surface area contributed by atoms with Gasteiger partial charge in [0, 0.05) is 23.7 Å². The van der Waals surface area contributed by atoms with Gasteiger partial charge in [0.1, 0.15) is 0 Å². The molecule has 198 valence electrons. The topological polar surface area (TPSA) is 86.7 Å². The maximum absolute atomic E-state index is 13.6. The SMILES string of the molecule is CCC1CCCN(C(=O)C(O)c2ccccc2)CC1C(=O)Nc1ccc(-c2ccc(Cl)cc2)cc1C(C)=O. The van der Waals surface area contributed by atoms with E-state index in [2.05, 4.69) is 5.32 Å². The molecule has 2 N–H and O–H groups in total. The number of carbonyl (C=O) groups excluding carboxylic acids is 3. The molecule has 1 aliphatic heterocycles. The van der Waals surface area contributed by atoms with Gasteiger partial charge in [-0.05, 0) is 66.6 Å². The van der Waals surface area contributed by atoms with Crippen molar-refractivity contribution in [2.75, 3.05) is 18.4 Å². The number of nitrogens with zero attached hydrogens (tertiary/aromatic N) is 1. The molecule has 1 heterocycles. The van der Waals surface area contributed by atoms with Gasteiger partial charge in [-0.3, -0.25) is 14.4 Å². The first-order valence-corrected chi connectivity index (χ1v) is 13.4. The van der Waals surface area contributed by atoms with Crippen LogP contribution in [0.25, 0.3) is 11.1 Å². The molecule has 0 bridgehead atoms. The first kappa shape index (κ1) is 27.6. The summed E-state index contributed by atoms with van der Waals surface area (Å²) < 4.78 is 0. The number of likely N-dealkylation sites (tertiary alicyclic amines) is 1. The van der Waals surface area contributed by atoms with Crippen LogP contribution < -0.4 is 5.32 Å². The van der Waals surface area contributed by atoms with E-state index in [1.807, 2.05) is 31.2 Å². The highest BCUT2D eigenvalue weighted by molar-refractivity contribution is 6.30. The smallest absolute Gasteiger partial charge is 0.256 e. The molecule has 0 aromatic heterocycles. The summed E-state index contributed by atoms with van der Waals surface area (Å²) >= 11 is 6.01. The van der Waals surface area contributed by atoms with E-state index >= 15 is 0 Å². The summed E-state index contributed by atoms with van der Waals surface area (Å²) in [7, 11) is 0. The number of carbonyl (C=O) groups is 3. The van der Waals surface area contributed by atoms with Crippen LogP contribution in [0, 0.1) is 11.8 Å². The molecule has 4 rings (SSSR count). The van der Waals surface area contributed by atoms with Gasteiger partial charge >= 0.3 is 0 Å². The number of hydrogen-bond donors (Lipinski definition) is 2. The number of rotatable bonds is 7. The van der Waals surface area contributed by atoms with Crippen molar-refractivity contribution in [1.82, 2.24) is 4.90 Å². The Morgan fingerprint density at radius 3 is 2.37 bits per heavy atom. The molecule has 1 saturated heterocycles. The van der Waals surface area contributed by atoms with E-state index in [1.54, 1.807) is 53.4 Å². The summed E-state index contributed by atoms with van der Waals surface area (Å²) in [6, 6.07) is 21.6. The number of anilines is 1. The molecule has 3 aromatic rings. The lowest BCUT2D eigenvalue weighted by Crippen LogP contribution is -2.42. The lowest BCUT2D eigenvalue weighted by molar-refractivity contribution is -0.141. The van der Waals surface area contributed by atoms with Crippen LogP contribution in [0.1, 0.15) is 55.1 Å². The summed E-state index contributed by atoms with van der Waals surface area (Å²) in [5.74, 6) is -1.18. The minimum atomic E-state index is -1.28. The van der Waals surface area contributed by atoms with Crippen LogP contribution in [-0.2, 0) is 9.59 Å². The quantitative estimate of drug-likeness (QED) is 0.357. The van der Waals surface area contributed by atoms with Crippen LogP contribution in [0.5, 0.6) is 0 Å². The Bertz CT molecular complexity index is 1290. The molecule has 3 aromatic carbocycles. The minimum absolute atomic E-state index is 0.0794. The van der Waals surface area contributed by atoms with E-state index in [0.717, 1.165) is 30.4 Å². The molecule has 3 atom stereocenters. The van der Waals surface area contributed by atoms with Crippen LogP contribution in [-0.4, -0.2) is 40.7 Å². The molecule has 0 aliphatic carbocycles. The predicted octanol–water partition coefficient (Wildman–Crippen LogP) is 6.15. The average molecular weight is 533 g/mol. The predicted molar refractivity (Wildman–Crippen MR) is 150 cm³/mol. The van der Waals surface area contributed by atoms with Crippen LogP contribution in [0.4, 0.5) is 5.69 Å². The fraction of sp³-hybridized carbons (Fsp3) is 0.323. The van der Waals surface area contributed by atoms with E-state index in [1.165, 1.54) is 6.92 Å². The third kappa shape index (κ3) is 6.32. The van der Waals surface area contributed by atoms with Gasteiger partial charge in [-0.2, -0.15) is 0 Å². The van der Waals surface area contributed by atoms with E-state index < -0.39 is 17.9 Å². The van der Waals surface area contributed by atoms with Crippen molar-refractivity contribution in [2.45, 2.75) is 39.2 Å². The fourth-order valence-electron chi connectivity index (χ4n) is 5.15. The van der Waals surface area contributed by atoms with Crippen LogP contribution in [0.2, 0.25) is 5.02 Å². The van der Waals surface area contributed by atoms with Gasteiger partial charge in [-0.15, -0.1) is 0 Å². The van der Waals surface area contributed by atoms with E-state index in [9.17, 15) is 19.5 Å². The molecular formula is C31H33ClN2O4. The number of halogens is 1. The zero-order valence-corrected chi connectivity index (χ0v) is 22.4. The lowest BCUT2D eigenvalue weighted by atomic mass is 9.86. The maximum atomic E-state index is 13.6. The summed E-state index contributed by atoms with van der Waals surface area (Å²) in [5.41, 5.74) is 3.15. The highest BCUT2D eigenvalue weighted by atomic mass is 35.5. The Morgan fingerprint density at radius 2 is 1.71 bits per heavy atom. The summed E-state index contributed by atoms with van der Waals surface area (Å²) in [6.45, 7) is 4.22. The molecule has 6 nitrogen and oxygen atoms in total. The van der Waals surface area contributed by atoms with Crippen molar-refractivity contribution in [1.29, 1.82) is 0 Å². The Balaban J connectivity index is 1.56. The Hall–Kier alpha value is -3.48. The molecule has 1 aliphatic rings. The van der Waals surface area contributed by atoms with Gasteiger partial charge in [0.25, 0.3) is 5.91 Å². The largest absolute Gasteiger partial charge is 0.378 e. The normalized spacial score (nSPS) is 18.4. The number of benzene rings is 3.